The first kappa shape index (κ1) is 12.5. The highest BCUT2D eigenvalue weighted by molar-refractivity contribution is 7.99. The molecule has 2 atom stereocenters. The molecule has 1 fully saturated rings. The molecule has 0 saturated carbocycles. The number of ketones is 1. The highest BCUT2D eigenvalue weighted by Crippen LogP contribution is 2.18. The maximum Gasteiger partial charge on any atom is 0.316 e. The van der Waals surface area contributed by atoms with E-state index in [-0.39, 0.29) is 5.78 Å². The van der Waals surface area contributed by atoms with E-state index < -0.39 is 18.0 Å². The molecule has 4 nitrogen and oxygen atoms in total. The Morgan fingerprint density at radius 3 is 2.80 bits per heavy atom. The van der Waals surface area contributed by atoms with Crippen molar-refractivity contribution in [3.8, 4) is 0 Å². The predicted octanol–water partition coefficient (Wildman–Crippen LogP) is 0.887. The molecule has 1 saturated heterocycles. The zero-order valence-electron chi connectivity index (χ0n) is 9.02. The van der Waals surface area contributed by atoms with Crippen LogP contribution in [-0.4, -0.2) is 43.1 Å². The molecule has 0 aromatic heterocycles. The third kappa shape index (κ3) is 3.21. The van der Waals surface area contributed by atoms with Crippen molar-refractivity contribution in [1.82, 2.24) is 0 Å². The quantitative estimate of drug-likeness (QED) is 0.532. The van der Waals surface area contributed by atoms with Crippen molar-refractivity contribution in [3.63, 3.8) is 0 Å². The molecule has 15 heavy (non-hydrogen) atoms. The second kappa shape index (κ2) is 6.12. The molecular weight excluding hydrogens is 216 g/mol. The van der Waals surface area contributed by atoms with E-state index in [9.17, 15) is 9.59 Å². The third-order valence-corrected chi connectivity index (χ3v) is 3.36. The average molecular weight is 232 g/mol. The van der Waals surface area contributed by atoms with Crippen molar-refractivity contribution in [2.75, 3.05) is 25.2 Å². The maximum absolute atomic E-state index is 11.9. The number of esters is 1. The molecule has 0 amide bonds. The Balaban J connectivity index is 2.58. The van der Waals surface area contributed by atoms with Gasteiger partial charge in [-0.1, -0.05) is 6.92 Å². The summed E-state index contributed by atoms with van der Waals surface area (Å²) in [6.07, 6.45) is 0.0311. The summed E-state index contributed by atoms with van der Waals surface area (Å²) >= 11 is 1.68. The number of methoxy groups -OCH3 is 1. The highest BCUT2D eigenvalue weighted by atomic mass is 32.2. The Hall–Kier alpha value is -0.550. The Bertz CT molecular complexity index is 236. The number of hydrogen-bond donors (Lipinski definition) is 0. The minimum atomic E-state index is -0.668. The number of hydrogen-bond acceptors (Lipinski definition) is 5. The van der Waals surface area contributed by atoms with Crippen LogP contribution < -0.4 is 0 Å². The van der Waals surface area contributed by atoms with Gasteiger partial charge in [-0.15, -0.1) is 0 Å². The Morgan fingerprint density at radius 2 is 2.33 bits per heavy atom. The van der Waals surface area contributed by atoms with Gasteiger partial charge in [0, 0.05) is 11.5 Å². The minimum Gasteiger partial charge on any atom is -0.468 e. The van der Waals surface area contributed by atoms with Gasteiger partial charge in [0.05, 0.1) is 13.7 Å². The monoisotopic (exact) mass is 232 g/mol. The third-order valence-electron chi connectivity index (χ3n) is 2.37. The molecule has 1 rings (SSSR count). The van der Waals surface area contributed by atoms with Crippen LogP contribution in [0.3, 0.4) is 0 Å². The van der Waals surface area contributed by atoms with Gasteiger partial charge in [-0.25, -0.2) is 0 Å². The van der Waals surface area contributed by atoms with Gasteiger partial charge >= 0.3 is 5.97 Å². The summed E-state index contributed by atoms with van der Waals surface area (Å²) < 4.78 is 9.93. The lowest BCUT2D eigenvalue weighted by Crippen LogP contribution is -2.39. The number of Topliss-reactive ketones (excluding diaryl/α,β-unsaturated/α-hetero) is 1. The number of carbonyl (C=O) groups is 2. The summed E-state index contributed by atoms with van der Waals surface area (Å²) in [6.45, 7) is 2.38. The topological polar surface area (TPSA) is 52.6 Å². The number of carbonyl (C=O) groups excluding carboxylic acids is 2. The van der Waals surface area contributed by atoms with E-state index in [1.165, 1.54) is 7.11 Å². The maximum atomic E-state index is 11.9. The fraction of sp³-hybridized carbons (Fsp3) is 0.800. The van der Waals surface area contributed by atoms with Crippen molar-refractivity contribution >= 4 is 23.5 Å². The smallest absolute Gasteiger partial charge is 0.316 e. The van der Waals surface area contributed by atoms with Crippen LogP contribution in [0.25, 0.3) is 0 Å². The van der Waals surface area contributed by atoms with Crippen molar-refractivity contribution in [2.24, 2.45) is 5.92 Å². The van der Waals surface area contributed by atoms with Gasteiger partial charge in [0.1, 0.15) is 12.0 Å². The summed E-state index contributed by atoms with van der Waals surface area (Å²) in [7, 11) is 1.30. The molecular formula is C10H16O4S. The van der Waals surface area contributed by atoms with Crippen molar-refractivity contribution < 1.29 is 19.1 Å². The van der Waals surface area contributed by atoms with Gasteiger partial charge in [-0.05, 0) is 6.42 Å². The normalized spacial score (nSPS) is 23.2. The lowest BCUT2D eigenvalue weighted by atomic mass is 9.98. The van der Waals surface area contributed by atoms with Crippen molar-refractivity contribution in [2.45, 2.75) is 19.4 Å². The SMILES string of the molecule is CCC(C(=O)OC)C(=O)C1CSCCO1. The predicted molar refractivity (Wildman–Crippen MR) is 57.9 cm³/mol. The van der Waals surface area contributed by atoms with E-state index in [4.69, 9.17) is 4.74 Å². The van der Waals surface area contributed by atoms with Gasteiger partial charge in [0.25, 0.3) is 0 Å². The zero-order valence-corrected chi connectivity index (χ0v) is 9.84. The van der Waals surface area contributed by atoms with Gasteiger partial charge in [-0.2, -0.15) is 11.8 Å². The van der Waals surface area contributed by atoms with Crippen LogP contribution >= 0.6 is 11.8 Å². The standard InChI is InChI=1S/C10H16O4S/c1-3-7(10(12)13-2)9(11)8-6-15-5-4-14-8/h7-8H,3-6H2,1-2H3. The zero-order chi connectivity index (χ0) is 11.3. The number of rotatable bonds is 4. The minimum absolute atomic E-state index is 0.142. The van der Waals surface area contributed by atoms with Crippen molar-refractivity contribution in [3.05, 3.63) is 0 Å². The molecule has 0 aromatic rings. The summed E-state index contributed by atoms with van der Waals surface area (Å²) in [4.78, 5) is 23.2. The first-order valence-electron chi connectivity index (χ1n) is 5.01. The van der Waals surface area contributed by atoms with Crippen LogP contribution in [0.5, 0.6) is 0 Å². The molecule has 1 aliphatic rings. The van der Waals surface area contributed by atoms with E-state index in [0.717, 1.165) is 5.75 Å². The van der Waals surface area contributed by atoms with Crippen LogP contribution in [0.1, 0.15) is 13.3 Å². The van der Waals surface area contributed by atoms with Gasteiger partial charge in [0.15, 0.2) is 5.78 Å². The molecule has 0 bridgehead atoms. The van der Waals surface area contributed by atoms with Gasteiger partial charge < -0.3 is 9.47 Å². The molecule has 0 spiro atoms. The second-order valence-electron chi connectivity index (χ2n) is 3.32. The molecule has 1 heterocycles. The van der Waals surface area contributed by atoms with Crippen LogP contribution in [0, 0.1) is 5.92 Å². The van der Waals surface area contributed by atoms with Gasteiger partial charge in [-0.3, -0.25) is 9.59 Å². The Labute approximate surface area is 93.7 Å². The van der Waals surface area contributed by atoms with Crippen molar-refractivity contribution in [1.29, 1.82) is 0 Å². The van der Waals surface area contributed by atoms with E-state index in [1.54, 1.807) is 18.7 Å². The fourth-order valence-corrected chi connectivity index (χ4v) is 2.36. The van der Waals surface area contributed by atoms with Crippen LogP contribution in [0.4, 0.5) is 0 Å². The second-order valence-corrected chi connectivity index (χ2v) is 4.47. The molecule has 0 aliphatic carbocycles. The summed E-state index contributed by atoms with van der Waals surface area (Å²) in [5, 5.41) is 0. The van der Waals surface area contributed by atoms with Crippen LogP contribution in [0.15, 0.2) is 0 Å². The molecule has 0 N–H and O–H groups in total. The fourth-order valence-electron chi connectivity index (χ4n) is 1.50. The summed E-state index contributed by atoms with van der Waals surface area (Å²) in [5.41, 5.74) is 0. The van der Waals surface area contributed by atoms with E-state index in [1.807, 2.05) is 0 Å². The largest absolute Gasteiger partial charge is 0.468 e. The molecule has 0 aromatic carbocycles. The Kier molecular flexibility index (Phi) is 5.11. The average Bonchev–Trinajstić information content (AvgIpc) is 2.30. The highest BCUT2D eigenvalue weighted by Gasteiger charge is 2.33. The first-order valence-corrected chi connectivity index (χ1v) is 6.17. The van der Waals surface area contributed by atoms with E-state index in [2.05, 4.69) is 4.74 Å². The lowest BCUT2D eigenvalue weighted by Gasteiger charge is -2.23. The molecule has 86 valence electrons. The molecule has 0 radical (unpaired) electrons. The Morgan fingerprint density at radius 1 is 1.60 bits per heavy atom. The van der Waals surface area contributed by atoms with Gasteiger partial charge in [0.2, 0.25) is 0 Å². The van der Waals surface area contributed by atoms with Crippen LogP contribution in [-0.2, 0) is 19.1 Å². The number of ether oxygens (including phenoxy) is 2. The summed E-state index contributed by atoms with van der Waals surface area (Å²) in [6, 6.07) is 0. The summed E-state index contributed by atoms with van der Waals surface area (Å²) in [5.74, 6) is 0.294. The molecule has 2 unspecified atom stereocenters. The first-order chi connectivity index (χ1) is 7.20. The van der Waals surface area contributed by atoms with E-state index >= 15 is 0 Å². The molecule has 5 heteroatoms. The number of thioether (sulfide) groups is 1. The van der Waals surface area contributed by atoms with Crippen LogP contribution in [0.2, 0.25) is 0 Å². The van der Waals surface area contributed by atoms with E-state index in [0.29, 0.717) is 18.8 Å². The lowest BCUT2D eigenvalue weighted by molar-refractivity contribution is -0.152. The molecule has 1 aliphatic heterocycles.